The van der Waals surface area contributed by atoms with Gasteiger partial charge in [0.1, 0.15) is 17.0 Å². The maximum atomic E-state index is 12.5. The fourth-order valence-corrected chi connectivity index (χ4v) is 1.21. The van der Waals surface area contributed by atoms with Crippen molar-refractivity contribution in [2.24, 2.45) is 0 Å². The summed E-state index contributed by atoms with van der Waals surface area (Å²) in [7, 11) is 0.814. The molecule has 4 nitrogen and oxygen atoms in total. The number of nitrogens with one attached hydrogen (secondary N) is 1. The molecule has 0 bridgehead atoms. The van der Waals surface area contributed by atoms with Gasteiger partial charge >= 0.3 is 12.1 Å². The lowest BCUT2D eigenvalue weighted by Gasteiger charge is -2.11. The zero-order valence-electron chi connectivity index (χ0n) is 8.77. The number of esters is 1. The SMILES string of the molecule is COC(=O)c1c(C(F)F)[nH]c(C(F)(F)F)cc1=O. The number of carbonyl (C=O) groups excluding carboxylic acids is 1. The normalized spacial score (nSPS) is 11.7. The third kappa shape index (κ3) is 2.66. The lowest BCUT2D eigenvalue weighted by molar-refractivity contribution is -0.141. The van der Waals surface area contributed by atoms with Gasteiger partial charge in [0, 0.05) is 6.07 Å². The molecular formula is C9H6F5NO3. The number of rotatable bonds is 2. The van der Waals surface area contributed by atoms with Gasteiger partial charge in [0.25, 0.3) is 6.43 Å². The van der Waals surface area contributed by atoms with E-state index in [2.05, 4.69) is 4.74 Å². The molecule has 0 aliphatic rings. The van der Waals surface area contributed by atoms with E-state index >= 15 is 0 Å². The van der Waals surface area contributed by atoms with Crippen LogP contribution in [0.4, 0.5) is 22.0 Å². The quantitative estimate of drug-likeness (QED) is 0.662. The van der Waals surface area contributed by atoms with E-state index in [1.807, 2.05) is 0 Å². The van der Waals surface area contributed by atoms with Crippen molar-refractivity contribution in [3.8, 4) is 0 Å². The van der Waals surface area contributed by atoms with Crippen LogP contribution in [0, 0.1) is 0 Å². The van der Waals surface area contributed by atoms with E-state index in [-0.39, 0.29) is 6.07 Å². The van der Waals surface area contributed by atoms with E-state index in [0.717, 1.165) is 7.11 Å². The minimum absolute atomic E-state index is 0.0259. The van der Waals surface area contributed by atoms with Crippen LogP contribution in [0.5, 0.6) is 0 Å². The second-order valence-corrected chi connectivity index (χ2v) is 3.13. The van der Waals surface area contributed by atoms with Crippen LogP contribution in [0.25, 0.3) is 0 Å². The number of H-pyrrole nitrogens is 1. The van der Waals surface area contributed by atoms with E-state index in [1.54, 1.807) is 0 Å². The lowest BCUT2D eigenvalue weighted by Crippen LogP contribution is -2.24. The number of halogens is 5. The average molecular weight is 271 g/mol. The lowest BCUT2D eigenvalue weighted by atomic mass is 10.1. The Kier molecular flexibility index (Phi) is 3.73. The van der Waals surface area contributed by atoms with Gasteiger partial charge in [-0.15, -0.1) is 0 Å². The number of hydrogen-bond donors (Lipinski definition) is 1. The van der Waals surface area contributed by atoms with E-state index in [9.17, 15) is 31.5 Å². The van der Waals surface area contributed by atoms with E-state index in [4.69, 9.17) is 0 Å². The molecule has 1 heterocycles. The first-order chi connectivity index (χ1) is 8.18. The van der Waals surface area contributed by atoms with Crippen LogP contribution in [-0.2, 0) is 10.9 Å². The topological polar surface area (TPSA) is 59.2 Å². The Bertz CT molecular complexity index is 520. The molecule has 1 N–H and O–H groups in total. The monoisotopic (exact) mass is 271 g/mol. The third-order valence-electron chi connectivity index (χ3n) is 1.97. The molecule has 0 aliphatic heterocycles. The van der Waals surface area contributed by atoms with Gasteiger partial charge in [0.05, 0.1) is 7.11 Å². The smallest absolute Gasteiger partial charge is 0.431 e. The van der Waals surface area contributed by atoms with Gasteiger partial charge in [-0.2, -0.15) is 13.2 Å². The second-order valence-electron chi connectivity index (χ2n) is 3.13. The van der Waals surface area contributed by atoms with E-state index in [0.29, 0.717) is 0 Å². The Morgan fingerprint density at radius 1 is 1.39 bits per heavy atom. The maximum Gasteiger partial charge on any atom is 0.431 e. The highest BCUT2D eigenvalue weighted by atomic mass is 19.4. The highest BCUT2D eigenvalue weighted by Crippen LogP contribution is 2.29. The molecule has 1 rings (SSSR count). The molecule has 0 atom stereocenters. The van der Waals surface area contributed by atoms with E-state index < -0.39 is 41.0 Å². The van der Waals surface area contributed by atoms with Crippen LogP contribution >= 0.6 is 0 Å². The summed E-state index contributed by atoms with van der Waals surface area (Å²) in [6, 6.07) is 0.0259. The number of aromatic amines is 1. The molecule has 0 fully saturated rings. The largest absolute Gasteiger partial charge is 0.465 e. The Labute approximate surface area is 96.4 Å². The number of hydrogen-bond acceptors (Lipinski definition) is 3. The standard InChI is InChI=1S/C9H6F5NO3/c1-18-8(17)5-3(16)2-4(9(12,13)14)15-6(5)7(10)11/h2,7H,1H3,(H,15,16). The summed E-state index contributed by atoms with van der Waals surface area (Å²) in [5, 5.41) is 0. The Hall–Kier alpha value is -1.93. The Morgan fingerprint density at radius 2 is 1.94 bits per heavy atom. The molecule has 1 aromatic rings. The summed E-state index contributed by atoms with van der Waals surface area (Å²) in [4.78, 5) is 23.7. The molecule has 0 unspecified atom stereocenters. The van der Waals surface area contributed by atoms with Crippen molar-refractivity contribution >= 4 is 5.97 Å². The van der Waals surface area contributed by atoms with Gasteiger partial charge < -0.3 is 9.72 Å². The number of ether oxygens (including phenoxy) is 1. The average Bonchev–Trinajstić information content (AvgIpc) is 2.25. The van der Waals surface area contributed by atoms with Crippen LogP contribution in [0.2, 0.25) is 0 Å². The molecule has 0 aliphatic carbocycles. The maximum absolute atomic E-state index is 12.5. The van der Waals surface area contributed by atoms with Gasteiger partial charge in [-0.3, -0.25) is 4.79 Å². The molecule has 0 aromatic carbocycles. The molecule has 0 saturated heterocycles. The number of carbonyl (C=O) groups is 1. The molecule has 0 radical (unpaired) electrons. The first-order valence-corrected chi connectivity index (χ1v) is 4.39. The van der Waals surface area contributed by atoms with E-state index in [1.165, 1.54) is 4.98 Å². The third-order valence-corrected chi connectivity index (χ3v) is 1.97. The highest BCUT2D eigenvalue weighted by Gasteiger charge is 2.35. The molecule has 100 valence electrons. The Balaban J connectivity index is 3.56. The van der Waals surface area contributed by atoms with Crippen LogP contribution < -0.4 is 5.43 Å². The van der Waals surface area contributed by atoms with Crippen molar-refractivity contribution in [1.29, 1.82) is 0 Å². The number of aromatic nitrogens is 1. The van der Waals surface area contributed by atoms with Gasteiger partial charge in [-0.25, -0.2) is 13.6 Å². The summed E-state index contributed by atoms with van der Waals surface area (Å²) in [6.07, 6.45) is -8.45. The van der Waals surface area contributed by atoms with Crippen LogP contribution in [0.3, 0.4) is 0 Å². The minimum atomic E-state index is -5.00. The van der Waals surface area contributed by atoms with Gasteiger partial charge in [-0.05, 0) is 0 Å². The van der Waals surface area contributed by atoms with Crippen LogP contribution in [0.1, 0.15) is 28.2 Å². The van der Waals surface area contributed by atoms with Crippen molar-refractivity contribution in [2.45, 2.75) is 12.6 Å². The molecule has 18 heavy (non-hydrogen) atoms. The molecule has 0 spiro atoms. The van der Waals surface area contributed by atoms with Gasteiger partial charge in [0.15, 0.2) is 5.43 Å². The summed E-state index contributed by atoms with van der Waals surface area (Å²) >= 11 is 0. The first-order valence-electron chi connectivity index (χ1n) is 4.39. The molecule has 1 aromatic heterocycles. The zero-order chi connectivity index (χ0) is 14.1. The number of alkyl halides is 5. The van der Waals surface area contributed by atoms with Crippen molar-refractivity contribution in [1.82, 2.24) is 4.98 Å². The molecule has 0 saturated carbocycles. The predicted octanol–water partition coefficient (Wildman–Crippen LogP) is 2.12. The van der Waals surface area contributed by atoms with Crippen LogP contribution in [-0.4, -0.2) is 18.1 Å². The highest BCUT2D eigenvalue weighted by molar-refractivity contribution is 5.90. The summed E-state index contributed by atoms with van der Waals surface area (Å²) in [5.74, 6) is -1.43. The van der Waals surface area contributed by atoms with Gasteiger partial charge in [0.2, 0.25) is 0 Å². The summed E-state index contributed by atoms with van der Waals surface area (Å²) in [6.45, 7) is 0. The van der Waals surface area contributed by atoms with Crippen molar-refractivity contribution < 1.29 is 31.5 Å². The summed E-state index contributed by atoms with van der Waals surface area (Å²) in [5.41, 5.74) is -5.69. The van der Waals surface area contributed by atoms with Crippen molar-refractivity contribution in [3.63, 3.8) is 0 Å². The molecule has 9 heteroatoms. The van der Waals surface area contributed by atoms with Crippen LogP contribution in [0.15, 0.2) is 10.9 Å². The minimum Gasteiger partial charge on any atom is -0.465 e. The number of methoxy groups -OCH3 is 1. The predicted molar refractivity (Wildman–Crippen MR) is 48.4 cm³/mol. The van der Waals surface area contributed by atoms with Crippen molar-refractivity contribution in [3.05, 3.63) is 33.2 Å². The molecule has 0 amide bonds. The fourth-order valence-electron chi connectivity index (χ4n) is 1.21. The first kappa shape index (κ1) is 14.1. The fraction of sp³-hybridized carbons (Fsp3) is 0.333. The zero-order valence-corrected chi connectivity index (χ0v) is 8.77. The van der Waals surface area contributed by atoms with Crippen molar-refractivity contribution in [2.75, 3.05) is 7.11 Å². The summed E-state index contributed by atoms with van der Waals surface area (Å²) < 4.78 is 66.0. The second kappa shape index (κ2) is 4.75. The number of pyridine rings is 1. The van der Waals surface area contributed by atoms with Gasteiger partial charge in [-0.1, -0.05) is 0 Å². The molecular weight excluding hydrogens is 265 g/mol. The Morgan fingerprint density at radius 3 is 2.33 bits per heavy atom.